The smallest absolute Gasteiger partial charge is 0.432 e. The van der Waals surface area contributed by atoms with Crippen molar-refractivity contribution in [1.29, 1.82) is 0 Å². The van der Waals surface area contributed by atoms with Crippen molar-refractivity contribution >= 4 is 29.2 Å². The maximum absolute atomic E-state index is 14.1. The second-order valence-corrected chi connectivity index (χ2v) is 8.01. The second kappa shape index (κ2) is 9.99. The number of nitro benzene ring substituents is 1. The Bertz CT molecular complexity index is 990. The van der Waals surface area contributed by atoms with Gasteiger partial charge in [-0.2, -0.15) is 26.3 Å². The van der Waals surface area contributed by atoms with Crippen LogP contribution in [0.1, 0.15) is 25.3 Å². The maximum atomic E-state index is 14.1. The topological polar surface area (TPSA) is 148 Å². The number of hydrogen-bond acceptors (Lipinski definition) is 9. The Hall–Kier alpha value is -2.69. The quantitative estimate of drug-likeness (QED) is 0.210. The number of carbonyl (C=O) groups excluding carboxylic acids is 2. The largest absolute Gasteiger partial charge is 0.466 e. The summed E-state index contributed by atoms with van der Waals surface area (Å²) in [5, 5.41) is 32.5. The van der Waals surface area contributed by atoms with Crippen LogP contribution >= 0.6 is 11.6 Å². The van der Waals surface area contributed by atoms with Crippen LogP contribution < -0.4 is 5.32 Å². The summed E-state index contributed by atoms with van der Waals surface area (Å²) in [6.07, 6.45) is -12.2. The van der Waals surface area contributed by atoms with E-state index in [4.69, 9.17) is 11.6 Å². The van der Waals surface area contributed by atoms with E-state index in [9.17, 15) is 56.3 Å². The Labute approximate surface area is 203 Å². The number of ether oxygens (including phenoxy) is 2. The zero-order valence-corrected chi connectivity index (χ0v) is 19.1. The summed E-state index contributed by atoms with van der Waals surface area (Å²) in [5.74, 6) is -12.7. The molecule has 0 spiro atoms. The highest BCUT2D eigenvalue weighted by Crippen LogP contribution is 2.56. The molecule has 1 fully saturated rings. The third-order valence-corrected chi connectivity index (χ3v) is 5.82. The van der Waals surface area contributed by atoms with Crippen LogP contribution in [-0.4, -0.2) is 64.1 Å². The fourth-order valence-corrected chi connectivity index (χ4v) is 4.20. The number of esters is 2. The van der Waals surface area contributed by atoms with Gasteiger partial charge in [0.2, 0.25) is 11.4 Å². The van der Waals surface area contributed by atoms with E-state index >= 15 is 0 Å². The Morgan fingerprint density at radius 1 is 1.03 bits per heavy atom. The van der Waals surface area contributed by atoms with Gasteiger partial charge in [-0.25, -0.2) is 5.32 Å². The highest BCUT2D eigenvalue weighted by molar-refractivity contribution is 6.32. The molecule has 0 saturated carbocycles. The number of nitrogens with zero attached hydrogens (tertiary/aromatic N) is 1. The summed E-state index contributed by atoms with van der Waals surface area (Å²) < 4.78 is 93.7. The van der Waals surface area contributed by atoms with Crippen LogP contribution in [0.5, 0.6) is 0 Å². The molecule has 1 unspecified atom stereocenters. The molecule has 1 saturated heterocycles. The summed E-state index contributed by atoms with van der Waals surface area (Å²) in [7, 11) is 0. The first-order chi connectivity index (χ1) is 16.4. The van der Waals surface area contributed by atoms with Crippen LogP contribution in [-0.2, 0) is 19.1 Å². The van der Waals surface area contributed by atoms with E-state index in [2.05, 4.69) is 9.47 Å². The lowest BCUT2D eigenvalue weighted by Crippen LogP contribution is -2.81. The van der Waals surface area contributed by atoms with E-state index in [1.165, 1.54) is 0 Å². The zero-order chi connectivity index (χ0) is 27.9. The molecule has 1 aromatic carbocycles. The monoisotopic (exact) mass is 552 g/mol. The highest BCUT2D eigenvalue weighted by Gasteiger charge is 2.78. The van der Waals surface area contributed by atoms with Crippen molar-refractivity contribution in [2.75, 3.05) is 13.2 Å². The average Bonchev–Trinajstić information content (AvgIpc) is 2.72. The van der Waals surface area contributed by atoms with Crippen LogP contribution in [0.3, 0.4) is 0 Å². The lowest BCUT2D eigenvalue weighted by atomic mass is 9.64. The minimum absolute atomic E-state index is 0.421. The van der Waals surface area contributed by atoms with E-state index in [1.807, 2.05) is 0 Å². The van der Waals surface area contributed by atoms with Crippen molar-refractivity contribution in [2.45, 2.75) is 43.6 Å². The number of benzene rings is 1. The van der Waals surface area contributed by atoms with Crippen LogP contribution in [0.25, 0.3) is 0 Å². The number of nitrogens with one attached hydrogen (secondary N) is 1. The Morgan fingerprint density at radius 3 is 1.78 bits per heavy atom. The van der Waals surface area contributed by atoms with Gasteiger partial charge in [-0.3, -0.25) is 19.7 Å². The summed E-state index contributed by atoms with van der Waals surface area (Å²) >= 11 is 5.69. The lowest BCUT2D eigenvalue weighted by molar-refractivity contribution is -0.385. The molecule has 0 bridgehead atoms. The number of nitro groups is 1. The minimum Gasteiger partial charge on any atom is -0.466 e. The van der Waals surface area contributed by atoms with E-state index in [0.717, 1.165) is 19.9 Å². The number of carbonyl (C=O) groups is 2. The third-order valence-electron chi connectivity index (χ3n) is 5.50. The van der Waals surface area contributed by atoms with Crippen molar-refractivity contribution in [3.05, 3.63) is 38.9 Å². The number of alkyl halides is 6. The van der Waals surface area contributed by atoms with Gasteiger partial charge in [-0.1, -0.05) is 17.7 Å². The molecule has 3 N–H and O–H groups in total. The van der Waals surface area contributed by atoms with Gasteiger partial charge in [0.15, 0.2) is 0 Å². The second-order valence-electron chi connectivity index (χ2n) is 7.61. The molecule has 17 heteroatoms. The van der Waals surface area contributed by atoms with E-state index in [0.29, 0.717) is 17.4 Å². The van der Waals surface area contributed by atoms with Crippen LogP contribution in [0, 0.1) is 22.0 Å². The van der Waals surface area contributed by atoms with E-state index in [-0.39, 0.29) is 0 Å². The van der Waals surface area contributed by atoms with Crippen LogP contribution in [0.15, 0.2) is 18.2 Å². The fourth-order valence-electron chi connectivity index (χ4n) is 4.01. The van der Waals surface area contributed by atoms with Crippen molar-refractivity contribution < 1.29 is 60.5 Å². The van der Waals surface area contributed by atoms with Gasteiger partial charge in [0.05, 0.1) is 18.1 Å². The fraction of sp³-hybridized carbons (Fsp3) is 0.579. The van der Waals surface area contributed by atoms with Crippen molar-refractivity contribution in [3.8, 4) is 0 Å². The van der Waals surface area contributed by atoms with Gasteiger partial charge in [0.1, 0.15) is 16.9 Å². The number of aliphatic hydroxyl groups is 2. The number of hydrogen-bond donors (Lipinski definition) is 3. The van der Waals surface area contributed by atoms with Gasteiger partial charge in [0, 0.05) is 12.0 Å². The Balaban J connectivity index is 3.06. The van der Waals surface area contributed by atoms with E-state index < -0.39 is 87.9 Å². The van der Waals surface area contributed by atoms with Crippen molar-refractivity contribution in [3.63, 3.8) is 0 Å². The molecule has 10 nitrogen and oxygen atoms in total. The Morgan fingerprint density at radius 2 is 1.44 bits per heavy atom. The molecular formula is C19H19ClF6N2O8. The van der Waals surface area contributed by atoms with E-state index in [1.54, 1.807) is 0 Å². The van der Waals surface area contributed by atoms with Gasteiger partial charge >= 0.3 is 24.3 Å². The van der Waals surface area contributed by atoms with Crippen molar-refractivity contribution in [1.82, 2.24) is 5.32 Å². The molecule has 1 aliphatic rings. The molecule has 1 heterocycles. The normalized spacial score (nSPS) is 28.9. The first-order valence-corrected chi connectivity index (χ1v) is 10.4. The summed E-state index contributed by atoms with van der Waals surface area (Å²) in [4.78, 5) is 35.6. The third kappa shape index (κ3) is 4.94. The van der Waals surface area contributed by atoms with Crippen LogP contribution in [0.4, 0.5) is 32.0 Å². The minimum atomic E-state index is -6.08. The summed E-state index contributed by atoms with van der Waals surface area (Å²) in [5.41, 5.74) is -11.5. The molecule has 2 rings (SSSR count). The van der Waals surface area contributed by atoms with Gasteiger partial charge in [0.25, 0.3) is 5.69 Å². The van der Waals surface area contributed by atoms with Gasteiger partial charge in [-0.05, 0) is 25.5 Å². The SMILES string of the molecule is CCOC(=O)[C@@H]1C(c2ccc(Cl)c([N+](=O)[O-])c2)[C@H](C(=O)OCC)[C@@](O)(C(F)(F)F)N[C@@]1(O)C(F)(F)F. The van der Waals surface area contributed by atoms with Crippen LogP contribution in [0.2, 0.25) is 5.02 Å². The highest BCUT2D eigenvalue weighted by atomic mass is 35.5. The van der Waals surface area contributed by atoms with Crippen molar-refractivity contribution in [2.24, 2.45) is 11.8 Å². The summed E-state index contributed by atoms with van der Waals surface area (Å²) in [6, 6.07) is 1.85. The molecule has 0 aromatic heterocycles. The molecular weight excluding hydrogens is 534 g/mol. The molecule has 1 aliphatic heterocycles. The average molecular weight is 553 g/mol. The first-order valence-electron chi connectivity index (χ1n) is 10.0. The maximum Gasteiger partial charge on any atom is 0.432 e. The molecule has 0 amide bonds. The predicted octanol–water partition coefficient (Wildman–Crippen LogP) is 2.80. The zero-order valence-electron chi connectivity index (χ0n) is 18.3. The van der Waals surface area contributed by atoms with Gasteiger partial charge < -0.3 is 19.7 Å². The van der Waals surface area contributed by atoms with Gasteiger partial charge in [-0.15, -0.1) is 0 Å². The molecule has 36 heavy (non-hydrogen) atoms. The molecule has 5 atom stereocenters. The number of halogens is 7. The predicted molar refractivity (Wildman–Crippen MR) is 106 cm³/mol. The summed E-state index contributed by atoms with van der Waals surface area (Å²) in [6.45, 7) is 1.06. The molecule has 202 valence electrons. The first kappa shape index (κ1) is 29.5. The molecule has 0 aliphatic carbocycles. The standard InChI is InChI=1S/C19H19ClF6N2O8/c1-3-35-14(29)12-11(8-5-6-9(20)10(7-8)28(33)34)13(15(30)36-4-2)17(32,19(24,25)26)27-16(12,31)18(21,22)23/h5-7,11-13,27,31-32H,3-4H2,1-2H3/t11?,12-,13+,16-,17+. The lowest BCUT2D eigenvalue weighted by Gasteiger charge is -2.54. The number of rotatable bonds is 6. The molecule has 0 radical (unpaired) electrons. The number of piperidine rings is 1. The Kier molecular flexibility index (Phi) is 8.20. The molecule has 1 aromatic rings.